The minimum absolute atomic E-state index is 0.0451. The summed E-state index contributed by atoms with van der Waals surface area (Å²) < 4.78 is 5.20. The van der Waals surface area contributed by atoms with Gasteiger partial charge in [-0.15, -0.1) is 0 Å². The maximum atomic E-state index is 12.8. The Morgan fingerprint density at radius 1 is 1.17 bits per heavy atom. The lowest BCUT2D eigenvalue weighted by atomic mass is 9.88. The first-order valence-corrected chi connectivity index (χ1v) is 10.5. The van der Waals surface area contributed by atoms with Gasteiger partial charge in [0.25, 0.3) is 11.8 Å². The number of aryl methyl sites for hydroxylation is 1. The molecule has 1 saturated heterocycles. The maximum absolute atomic E-state index is 12.8. The molecule has 1 aliphatic heterocycles. The molecule has 3 rings (SSSR count). The first kappa shape index (κ1) is 21.6. The van der Waals surface area contributed by atoms with Gasteiger partial charge in [-0.25, -0.2) is 0 Å². The van der Waals surface area contributed by atoms with E-state index in [-0.39, 0.29) is 23.6 Å². The summed E-state index contributed by atoms with van der Waals surface area (Å²) in [7, 11) is 0. The van der Waals surface area contributed by atoms with Crippen LogP contribution in [0.4, 0.5) is 0 Å². The fraction of sp³-hybridized carbons (Fsp3) is 0.435. The van der Waals surface area contributed by atoms with Gasteiger partial charge in [-0.3, -0.25) is 14.4 Å². The van der Waals surface area contributed by atoms with Crippen LogP contribution in [0.25, 0.3) is 0 Å². The van der Waals surface area contributed by atoms with Crippen molar-refractivity contribution in [2.45, 2.75) is 39.2 Å². The van der Waals surface area contributed by atoms with Crippen molar-refractivity contribution in [2.24, 2.45) is 5.92 Å². The third kappa shape index (κ3) is 5.28. The summed E-state index contributed by atoms with van der Waals surface area (Å²) in [6.07, 6.45) is 3.56. The molecule has 0 unspecified atom stereocenters. The van der Waals surface area contributed by atoms with Gasteiger partial charge >= 0.3 is 0 Å². The number of furan rings is 1. The van der Waals surface area contributed by atoms with E-state index in [0.717, 1.165) is 12.0 Å². The Balaban J connectivity index is 1.67. The monoisotopic (exact) mass is 411 g/mol. The van der Waals surface area contributed by atoms with Crippen LogP contribution in [0.1, 0.15) is 52.7 Å². The third-order valence-electron chi connectivity index (χ3n) is 5.43. The molecule has 30 heavy (non-hydrogen) atoms. The molecule has 1 aromatic carbocycles. The van der Waals surface area contributed by atoms with Crippen LogP contribution in [0.2, 0.25) is 0 Å². The van der Waals surface area contributed by atoms with Crippen molar-refractivity contribution in [2.75, 3.05) is 19.6 Å². The Kier molecular flexibility index (Phi) is 7.27. The van der Waals surface area contributed by atoms with Crippen molar-refractivity contribution >= 4 is 17.7 Å². The number of rotatable bonds is 7. The first-order valence-electron chi connectivity index (χ1n) is 10.5. The lowest BCUT2D eigenvalue weighted by molar-refractivity contribution is -0.124. The van der Waals surface area contributed by atoms with Crippen LogP contribution in [-0.2, 0) is 4.79 Å². The number of likely N-dealkylation sites (tertiary alicyclic amines) is 1. The van der Waals surface area contributed by atoms with Crippen LogP contribution in [0.5, 0.6) is 0 Å². The number of nitrogens with one attached hydrogen (secondary N) is 2. The van der Waals surface area contributed by atoms with Crippen molar-refractivity contribution in [3.63, 3.8) is 0 Å². The smallest absolute Gasteiger partial charge is 0.289 e. The van der Waals surface area contributed by atoms with E-state index in [4.69, 9.17) is 4.42 Å². The Morgan fingerprint density at radius 2 is 1.93 bits per heavy atom. The number of carbonyl (C=O) groups excluding carboxylic acids is 3. The second kappa shape index (κ2) is 10.1. The van der Waals surface area contributed by atoms with Crippen molar-refractivity contribution in [1.29, 1.82) is 0 Å². The highest BCUT2D eigenvalue weighted by molar-refractivity contribution is 5.97. The van der Waals surface area contributed by atoms with E-state index in [9.17, 15) is 14.4 Å². The van der Waals surface area contributed by atoms with Gasteiger partial charge < -0.3 is 20.0 Å². The highest BCUT2D eigenvalue weighted by atomic mass is 16.3. The molecular weight excluding hydrogens is 382 g/mol. The topological polar surface area (TPSA) is 91.7 Å². The number of hydrogen-bond donors (Lipinski definition) is 2. The zero-order chi connectivity index (χ0) is 21.5. The number of benzene rings is 1. The highest BCUT2D eigenvalue weighted by Gasteiger charge is 2.34. The van der Waals surface area contributed by atoms with Gasteiger partial charge in [0.15, 0.2) is 5.76 Å². The molecule has 2 heterocycles. The van der Waals surface area contributed by atoms with Gasteiger partial charge in [-0.05, 0) is 56.4 Å². The SMILES string of the molecule is CCCNC(=O)[C@H](NC(=O)c1cccc(C)c1)C1CCN(C(=O)c2ccco2)CC1. The Hall–Kier alpha value is -3.09. The number of hydrogen-bond acceptors (Lipinski definition) is 4. The number of carbonyl (C=O) groups is 3. The van der Waals surface area contributed by atoms with E-state index in [1.807, 2.05) is 26.0 Å². The second-order valence-corrected chi connectivity index (χ2v) is 7.72. The predicted molar refractivity (Wildman–Crippen MR) is 113 cm³/mol. The lowest BCUT2D eigenvalue weighted by Crippen LogP contribution is -2.54. The van der Waals surface area contributed by atoms with Gasteiger partial charge in [-0.1, -0.05) is 24.6 Å². The Bertz CT molecular complexity index is 870. The molecule has 0 radical (unpaired) electrons. The predicted octanol–water partition coefficient (Wildman–Crippen LogP) is 2.77. The lowest BCUT2D eigenvalue weighted by Gasteiger charge is -2.35. The van der Waals surface area contributed by atoms with E-state index >= 15 is 0 Å². The van der Waals surface area contributed by atoms with Crippen molar-refractivity contribution in [3.8, 4) is 0 Å². The molecule has 0 spiro atoms. The zero-order valence-corrected chi connectivity index (χ0v) is 17.5. The van der Waals surface area contributed by atoms with Crippen molar-refractivity contribution < 1.29 is 18.8 Å². The molecule has 1 aliphatic rings. The van der Waals surface area contributed by atoms with E-state index in [0.29, 0.717) is 43.8 Å². The number of nitrogens with zero attached hydrogens (tertiary/aromatic N) is 1. The fourth-order valence-electron chi connectivity index (χ4n) is 3.76. The van der Waals surface area contributed by atoms with Crippen LogP contribution in [-0.4, -0.2) is 48.3 Å². The molecule has 2 N–H and O–H groups in total. The van der Waals surface area contributed by atoms with Crippen LogP contribution >= 0.6 is 0 Å². The summed E-state index contributed by atoms with van der Waals surface area (Å²) in [5.74, 6) is -0.304. The van der Waals surface area contributed by atoms with Gasteiger partial charge in [0, 0.05) is 25.2 Å². The minimum Gasteiger partial charge on any atom is -0.459 e. The molecule has 0 bridgehead atoms. The van der Waals surface area contributed by atoms with Gasteiger partial charge in [0.05, 0.1) is 6.26 Å². The van der Waals surface area contributed by atoms with Gasteiger partial charge in [0.2, 0.25) is 5.91 Å². The fourth-order valence-corrected chi connectivity index (χ4v) is 3.76. The summed E-state index contributed by atoms with van der Waals surface area (Å²) in [6.45, 7) is 5.50. The molecule has 0 aliphatic carbocycles. The van der Waals surface area contributed by atoms with Gasteiger partial charge in [0.1, 0.15) is 6.04 Å². The number of piperidine rings is 1. The van der Waals surface area contributed by atoms with Crippen molar-refractivity contribution in [1.82, 2.24) is 15.5 Å². The summed E-state index contributed by atoms with van der Waals surface area (Å²) in [5.41, 5.74) is 1.52. The summed E-state index contributed by atoms with van der Waals surface area (Å²) in [5, 5.41) is 5.84. The summed E-state index contributed by atoms with van der Waals surface area (Å²) in [6, 6.07) is 10.0. The van der Waals surface area contributed by atoms with Crippen molar-refractivity contribution in [3.05, 3.63) is 59.5 Å². The van der Waals surface area contributed by atoms with E-state index in [2.05, 4.69) is 10.6 Å². The Morgan fingerprint density at radius 3 is 2.57 bits per heavy atom. The molecule has 0 saturated carbocycles. The molecule has 7 heteroatoms. The number of amides is 3. The molecule has 1 fully saturated rings. The van der Waals surface area contributed by atoms with E-state index in [1.54, 1.807) is 29.2 Å². The highest BCUT2D eigenvalue weighted by Crippen LogP contribution is 2.23. The van der Waals surface area contributed by atoms with Crippen LogP contribution in [0.15, 0.2) is 47.1 Å². The normalized spacial score (nSPS) is 15.5. The van der Waals surface area contributed by atoms with Gasteiger partial charge in [-0.2, -0.15) is 0 Å². The standard InChI is InChI=1S/C23H29N3O4/c1-3-11-24-22(28)20(25-21(27)18-7-4-6-16(2)15-18)17-9-12-26(13-10-17)23(29)19-8-5-14-30-19/h4-8,14-15,17,20H,3,9-13H2,1-2H3,(H,24,28)(H,25,27)/t20-/m1/s1. The second-order valence-electron chi connectivity index (χ2n) is 7.72. The average molecular weight is 412 g/mol. The summed E-state index contributed by atoms with van der Waals surface area (Å²) in [4.78, 5) is 39.8. The molecule has 7 nitrogen and oxygen atoms in total. The first-order chi connectivity index (χ1) is 14.5. The molecule has 1 aromatic heterocycles. The molecule has 3 amide bonds. The molecule has 2 aromatic rings. The average Bonchev–Trinajstić information content (AvgIpc) is 3.30. The third-order valence-corrected chi connectivity index (χ3v) is 5.43. The Labute approximate surface area is 176 Å². The largest absolute Gasteiger partial charge is 0.459 e. The minimum atomic E-state index is -0.634. The maximum Gasteiger partial charge on any atom is 0.289 e. The van der Waals surface area contributed by atoms with Crippen LogP contribution in [0, 0.1) is 12.8 Å². The quantitative estimate of drug-likeness (QED) is 0.733. The molecule has 160 valence electrons. The summed E-state index contributed by atoms with van der Waals surface area (Å²) >= 11 is 0. The van der Waals surface area contributed by atoms with Crippen LogP contribution in [0.3, 0.4) is 0 Å². The molecular formula is C23H29N3O4. The van der Waals surface area contributed by atoms with Crippen LogP contribution < -0.4 is 10.6 Å². The molecule has 1 atom stereocenters. The van der Waals surface area contributed by atoms with E-state index in [1.165, 1.54) is 6.26 Å². The van der Waals surface area contributed by atoms with E-state index < -0.39 is 6.04 Å². The zero-order valence-electron chi connectivity index (χ0n) is 17.5.